The van der Waals surface area contributed by atoms with E-state index < -0.39 is 0 Å². The van der Waals surface area contributed by atoms with Gasteiger partial charge in [0.2, 0.25) is 5.89 Å². The van der Waals surface area contributed by atoms with Gasteiger partial charge >= 0.3 is 0 Å². The number of pyridine rings is 1. The van der Waals surface area contributed by atoms with Gasteiger partial charge in [-0.2, -0.15) is 0 Å². The van der Waals surface area contributed by atoms with E-state index in [9.17, 15) is 0 Å². The van der Waals surface area contributed by atoms with Crippen LogP contribution in [0.1, 0.15) is 23.6 Å². The topological polar surface area (TPSA) is 77.8 Å². The third-order valence-corrected chi connectivity index (χ3v) is 3.57. The highest BCUT2D eigenvalue weighted by molar-refractivity contribution is 7.99. The van der Waals surface area contributed by atoms with Crippen LogP contribution in [-0.4, -0.2) is 21.2 Å². The lowest BCUT2D eigenvalue weighted by Crippen LogP contribution is -2.22. The molecule has 2 unspecified atom stereocenters. The zero-order chi connectivity index (χ0) is 12.3. The smallest absolute Gasteiger partial charge is 0.277 e. The number of thioether (sulfide) groups is 1. The van der Waals surface area contributed by atoms with Crippen LogP contribution in [0.4, 0.5) is 0 Å². The molecule has 0 fully saturated rings. The Bertz CT molecular complexity index is 471. The van der Waals surface area contributed by atoms with Gasteiger partial charge in [0.05, 0.1) is 5.25 Å². The second-order valence-corrected chi connectivity index (χ2v) is 4.86. The van der Waals surface area contributed by atoms with Crippen molar-refractivity contribution in [3.8, 4) is 0 Å². The van der Waals surface area contributed by atoms with E-state index in [4.69, 9.17) is 10.2 Å². The van der Waals surface area contributed by atoms with E-state index in [-0.39, 0.29) is 11.3 Å². The highest BCUT2D eigenvalue weighted by Gasteiger charge is 2.20. The van der Waals surface area contributed by atoms with Gasteiger partial charge in [0.25, 0.3) is 5.22 Å². The van der Waals surface area contributed by atoms with E-state index in [2.05, 4.69) is 15.2 Å². The average Bonchev–Trinajstić information content (AvgIpc) is 2.73. The van der Waals surface area contributed by atoms with Crippen LogP contribution in [-0.2, 0) is 0 Å². The van der Waals surface area contributed by atoms with Gasteiger partial charge in [-0.25, -0.2) is 0 Å². The normalized spacial score (nSPS) is 14.5. The molecule has 0 aliphatic carbocycles. The highest BCUT2D eigenvalue weighted by Crippen LogP contribution is 2.35. The van der Waals surface area contributed by atoms with E-state index in [1.54, 1.807) is 19.3 Å². The standard InChI is InChI=1S/C11H14N4OS/c1-7(12)10(9-3-5-13-6-4-9)17-11-15-14-8(2)16-11/h3-7,10H,12H2,1-2H3. The Morgan fingerprint density at radius 1 is 1.29 bits per heavy atom. The molecule has 2 atom stereocenters. The van der Waals surface area contributed by atoms with Crippen molar-refractivity contribution >= 4 is 11.8 Å². The van der Waals surface area contributed by atoms with Crippen molar-refractivity contribution in [3.05, 3.63) is 36.0 Å². The third kappa shape index (κ3) is 3.04. The van der Waals surface area contributed by atoms with Gasteiger partial charge < -0.3 is 10.2 Å². The third-order valence-electron chi connectivity index (χ3n) is 2.25. The van der Waals surface area contributed by atoms with E-state index in [0.29, 0.717) is 11.1 Å². The van der Waals surface area contributed by atoms with Gasteiger partial charge in [0.15, 0.2) is 0 Å². The maximum atomic E-state index is 5.99. The average molecular weight is 250 g/mol. The summed E-state index contributed by atoms with van der Waals surface area (Å²) in [6.07, 6.45) is 3.51. The molecule has 0 saturated heterocycles. The number of nitrogens with zero attached hydrogens (tertiary/aromatic N) is 3. The predicted octanol–water partition coefficient (Wildman–Crippen LogP) is 1.95. The van der Waals surface area contributed by atoms with E-state index in [1.165, 1.54) is 11.8 Å². The van der Waals surface area contributed by atoms with E-state index >= 15 is 0 Å². The molecule has 0 radical (unpaired) electrons. The van der Waals surface area contributed by atoms with Crippen LogP contribution in [0.2, 0.25) is 0 Å². The summed E-state index contributed by atoms with van der Waals surface area (Å²) in [6.45, 7) is 3.73. The number of hydrogen-bond donors (Lipinski definition) is 1. The molecule has 2 aromatic heterocycles. The SMILES string of the molecule is Cc1nnc(SC(c2ccncc2)C(C)N)o1. The summed E-state index contributed by atoms with van der Waals surface area (Å²) >= 11 is 1.48. The Labute approximate surface area is 104 Å². The van der Waals surface area contributed by atoms with Gasteiger partial charge in [-0.05, 0) is 24.6 Å². The van der Waals surface area contributed by atoms with Crippen molar-refractivity contribution < 1.29 is 4.42 Å². The molecule has 5 nitrogen and oxygen atoms in total. The Morgan fingerprint density at radius 3 is 2.53 bits per heavy atom. The fraction of sp³-hybridized carbons (Fsp3) is 0.364. The van der Waals surface area contributed by atoms with Gasteiger partial charge in [-0.1, -0.05) is 11.8 Å². The molecule has 0 saturated carbocycles. The summed E-state index contributed by atoms with van der Waals surface area (Å²) in [5.41, 5.74) is 7.10. The van der Waals surface area contributed by atoms with Crippen molar-refractivity contribution in [3.63, 3.8) is 0 Å². The minimum Gasteiger partial charge on any atom is -0.416 e. The monoisotopic (exact) mass is 250 g/mol. The number of rotatable bonds is 4. The van der Waals surface area contributed by atoms with Crippen molar-refractivity contribution in [2.24, 2.45) is 5.73 Å². The van der Waals surface area contributed by atoms with Crippen LogP contribution in [0, 0.1) is 6.92 Å². The largest absolute Gasteiger partial charge is 0.416 e. The first kappa shape index (κ1) is 12.1. The molecule has 0 amide bonds. The number of aromatic nitrogens is 3. The van der Waals surface area contributed by atoms with Crippen LogP contribution in [0.5, 0.6) is 0 Å². The molecule has 2 heterocycles. The Morgan fingerprint density at radius 2 is 2.00 bits per heavy atom. The van der Waals surface area contributed by atoms with Crippen LogP contribution in [0.25, 0.3) is 0 Å². The van der Waals surface area contributed by atoms with Crippen LogP contribution < -0.4 is 5.73 Å². The Hall–Kier alpha value is -1.40. The molecule has 2 aromatic rings. The molecular weight excluding hydrogens is 236 g/mol. The fourth-order valence-corrected chi connectivity index (χ4v) is 2.45. The summed E-state index contributed by atoms with van der Waals surface area (Å²) < 4.78 is 5.36. The number of nitrogens with two attached hydrogens (primary N) is 1. The molecular formula is C11H14N4OS. The van der Waals surface area contributed by atoms with E-state index in [0.717, 1.165) is 5.56 Å². The molecule has 0 spiro atoms. The van der Waals surface area contributed by atoms with Crippen LogP contribution >= 0.6 is 11.8 Å². The molecule has 2 N–H and O–H groups in total. The van der Waals surface area contributed by atoms with Gasteiger partial charge in [-0.15, -0.1) is 10.2 Å². The maximum Gasteiger partial charge on any atom is 0.277 e. The van der Waals surface area contributed by atoms with Gasteiger partial charge in [0, 0.05) is 25.4 Å². The first-order valence-corrected chi connectivity index (χ1v) is 6.17. The van der Waals surface area contributed by atoms with Crippen molar-refractivity contribution in [2.75, 3.05) is 0 Å². The quantitative estimate of drug-likeness (QED) is 0.836. The molecule has 17 heavy (non-hydrogen) atoms. The number of aryl methyl sites for hydroxylation is 1. The predicted molar refractivity (Wildman–Crippen MR) is 65.5 cm³/mol. The number of hydrogen-bond acceptors (Lipinski definition) is 6. The van der Waals surface area contributed by atoms with Gasteiger partial charge in [-0.3, -0.25) is 4.98 Å². The lowest BCUT2D eigenvalue weighted by molar-refractivity contribution is 0.427. The minimum absolute atomic E-state index is 0.0189. The van der Waals surface area contributed by atoms with Crippen LogP contribution in [0.15, 0.2) is 34.2 Å². The fourth-order valence-electron chi connectivity index (χ4n) is 1.47. The summed E-state index contributed by atoms with van der Waals surface area (Å²) in [5.74, 6) is 0.561. The minimum atomic E-state index is -0.0189. The zero-order valence-electron chi connectivity index (χ0n) is 9.70. The molecule has 0 aliphatic heterocycles. The first-order chi connectivity index (χ1) is 8.16. The molecule has 90 valence electrons. The summed E-state index contributed by atoms with van der Waals surface area (Å²) in [4.78, 5) is 4.00. The van der Waals surface area contributed by atoms with Crippen molar-refractivity contribution in [1.82, 2.24) is 15.2 Å². The van der Waals surface area contributed by atoms with E-state index in [1.807, 2.05) is 19.1 Å². The van der Waals surface area contributed by atoms with Crippen molar-refractivity contribution in [2.45, 2.75) is 30.4 Å². The lowest BCUT2D eigenvalue weighted by Gasteiger charge is -2.18. The zero-order valence-corrected chi connectivity index (χ0v) is 10.5. The van der Waals surface area contributed by atoms with Gasteiger partial charge in [0.1, 0.15) is 0 Å². The molecule has 2 rings (SSSR count). The first-order valence-electron chi connectivity index (χ1n) is 5.29. The molecule has 0 aliphatic rings. The highest BCUT2D eigenvalue weighted by atomic mass is 32.2. The summed E-state index contributed by atoms with van der Waals surface area (Å²) in [5, 5.41) is 8.40. The second kappa shape index (κ2) is 5.29. The lowest BCUT2D eigenvalue weighted by atomic mass is 10.1. The summed E-state index contributed by atoms with van der Waals surface area (Å²) in [7, 11) is 0. The molecule has 0 bridgehead atoms. The molecule has 0 aromatic carbocycles. The Kier molecular flexibility index (Phi) is 3.75. The maximum absolute atomic E-state index is 5.99. The Balaban J connectivity index is 2.19. The summed E-state index contributed by atoms with van der Waals surface area (Å²) in [6, 6.07) is 3.88. The second-order valence-electron chi connectivity index (χ2n) is 3.77. The van der Waals surface area contributed by atoms with Crippen LogP contribution in [0.3, 0.4) is 0 Å². The van der Waals surface area contributed by atoms with Crippen molar-refractivity contribution in [1.29, 1.82) is 0 Å². The molecule has 6 heteroatoms.